The van der Waals surface area contributed by atoms with E-state index in [2.05, 4.69) is 23.5 Å². The fraction of sp³-hybridized carbons (Fsp3) is 0.190. The number of carbonyl (C=O) groups is 1. The molecule has 0 aliphatic rings. The average Bonchev–Trinajstić information content (AvgIpc) is 3.06. The molecular weight excluding hydrogens is 394 g/mol. The monoisotopic (exact) mass is 413 g/mol. The van der Waals surface area contributed by atoms with Crippen LogP contribution in [-0.4, -0.2) is 29.3 Å². The molecule has 1 aromatic carbocycles. The van der Waals surface area contributed by atoms with E-state index in [0.29, 0.717) is 10.8 Å². The molecule has 1 amide bonds. The Bertz CT molecular complexity index is 1050. The molecule has 8 heteroatoms. The van der Waals surface area contributed by atoms with Crippen molar-refractivity contribution in [3.8, 4) is 5.75 Å². The number of ether oxygens (including phenoxy) is 1. The number of hydrazone groups is 1. The van der Waals surface area contributed by atoms with Crippen LogP contribution in [0.2, 0.25) is 5.02 Å². The van der Waals surface area contributed by atoms with Gasteiger partial charge in [0.1, 0.15) is 5.75 Å². The second kappa shape index (κ2) is 10.8. The summed E-state index contributed by atoms with van der Waals surface area (Å²) in [4.78, 5) is 28.2. The van der Waals surface area contributed by atoms with Gasteiger partial charge in [-0.2, -0.15) is 14.7 Å². The molecule has 0 spiro atoms. The molecule has 0 saturated carbocycles. The van der Waals surface area contributed by atoms with E-state index in [9.17, 15) is 4.79 Å². The van der Waals surface area contributed by atoms with Gasteiger partial charge < -0.3 is 9.14 Å². The number of nitrogens with zero attached hydrogens (tertiary/aromatic N) is 2. The fourth-order valence-electron chi connectivity index (χ4n) is 2.74. The van der Waals surface area contributed by atoms with Gasteiger partial charge in [0.05, 0.1) is 11.9 Å². The van der Waals surface area contributed by atoms with Crippen LogP contribution in [0.1, 0.15) is 23.7 Å². The maximum absolute atomic E-state index is 12.0. The first-order valence-corrected chi connectivity index (χ1v) is 9.17. The second-order valence-corrected chi connectivity index (χ2v) is 6.42. The maximum atomic E-state index is 12.0. The molecular formula is C21H20ClN3O4. The zero-order valence-corrected chi connectivity index (χ0v) is 16.8. The highest BCUT2D eigenvalue weighted by molar-refractivity contribution is 6.30. The summed E-state index contributed by atoms with van der Waals surface area (Å²) in [5.41, 5.74) is 6.60. The van der Waals surface area contributed by atoms with Gasteiger partial charge in [-0.15, -0.1) is 0 Å². The van der Waals surface area contributed by atoms with Crippen LogP contribution >= 0.6 is 11.6 Å². The summed E-state index contributed by atoms with van der Waals surface area (Å²) < 4.78 is 7.55. The zero-order valence-electron chi connectivity index (χ0n) is 16.0. The third-order valence-corrected chi connectivity index (χ3v) is 4.29. The normalized spacial score (nSPS) is 10.3. The van der Waals surface area contributed by atoms with Crippen molar-refractivity contribution >= 4 is 35.4 Å². The number of hydrogen-bond acceptors (Lipinski definition) is 5. The number of hydrogen-bond donors (Lipinski definition) is 1. The number of benzene rings is 1. The lowest BCUT2D eigenvalue weighted by Crippen LogP contribution is -2.24. The maximum Gasteiger partial charge on any atom is 0.373 e. The molecule has 2 heterocycles. The van der Waals surface area contributed by atoms with Gasteiger partial charge in [-0.25, -0.2) is 5.43 Å². The van der Waals surface area contributed by atoms with E-state index in [-0.39, 0.29) is 18.7 Å². The van der Waals surface area contributed by atoms with E-state index in [1.807, 2.05) is 35.7 Å². The van der Waals surface area contributed by atoms with Crippen LogP contribution in [0.15, 0.2) is 53.8 Å². The van der Waals surface area contributed by atoms with Gasteiger partial charge in [0, 0.05) is 16.7 Å². The molecule has 1 N–H and O–H groups in total. The summed E-state index contributed by atoms with van der Waals surface area (Å²) in [6.07, 6.45) is 4.78. The van der Waals surface area contributed by atoms with Crippen molar-refractivity contribution in [1.82, 2.24) is 9.83 Å². The molecule has 29 heavy (non-hydrogen) atoms. The van der Waals surface area contributed by atoms with Crippen molar-refractivity contribution in [2.75, 3.05) is 6.61 Å². The van der Waals surface area contributed by atoms with Gasteiger partial charge in [-0.1, -0.05) is 24.6 Å². The zero-order chi connectivity index (χ0) is 21.2. The molecule has 3 rings (SSSR count). The first kappa shape index (κ1) is 21.9. The lowest BCUT2D eigenvalue weighted by molar-refractivity contribution is -0.191. The van der Waals surface area contributed by atoms with E-state index < -0.39 is 0 Å². The Hall–Kier alpha value is -3.41. The van der Waals surface area contributed by atoms with Crippen LogP contribution in [0.3, 0.4) is 0 Å². The molecule has 0 unspecified atom stereocenters. The number of halogens is 1. The summed E-state index contributed by atoms with van der Waals surface area (Å²) >= 11 is 5.91. The lowest BCUT2D eigenvalue weighted by atomic mass is 10.2. The quantitative estimate of drug-likeness (QED) is 0.495. The minimum Gasteiger partial charge on any atom is -0.483 e. The van der Waals surface area contributed by atoms with E-state index >= 15 is 0 Å². The summed E-state index contributed by atoms with van der Waals surface area (Å²) in [5, 5.41) is 4.71. The van der Waals surface area contributed by atoms with Crippen molar-refractivity contribution in [2.45, 2.75) is 20.3 Å². The Kier molecular flexibility index (Phi) is 8.15. The van der Waals surface area contributed by atoms with Crippen LogP contribution in [0.4, 0.5) is 0 Å². The molecule has 3 aromatic rings. The number of pyridine rings is 1. The average molecular weight is 414 g/mol. The Morgan fingerprint density at radius 2 is 2.03 bits per heavy atom. The number of aryl methyl sites for hydroxylation is 2. The first-order valence-electron chi connectivity index (χ1n) is 8.79. The van der Waals surface area contributed by atoms with Crippen LogP contribution in [0, 0.1) is 6.92 Å². The highest BCUT2D eigenvalue weighted by atomic mass is 35.5. The molecule has 0 radical (unpaired) electrons. The first-order chi connectivity index (χ1) is 14.0. The number of rotatable bonds is 6. The van der Waals surface area contributed by atoms with E-state index in [1.54, 1.807) is 24.4 Å². The number of nitrogens with one attached hydrogen (secondary N) is 1. The molecule has 2 aromatic heterocycles. The van der Waals surface area contributed by atoms with Crippen LogP contribution in [-0.2, 0) is 20.8 Å². The molecule has 0 saturated heterocycles. The van der Waals surface area contributed by atoms with Crippen molar-refractivity contribution in [3.63, 3.8) is 0 Å². The van der Waals surface area contributed by atoms with E-state index in [1.165, 1.54) is 5.56 Å². The summed E-state index contributed by atoms with van der Waals surface area (Å²) in [6, 6.07) is 13.4. The third-order valence-electron chi connectivity index (χ3n) is 4.05. The number of fused-ring (bicyclic) bond motifs is 1. The fourth-order valence-corrected chi connectivity index (χ4v) is 2.97. The summed E-state index contributed by atoms with van der Waals surface area (Å²) in [7, 11) is 0. The molecule has 150 valence electrons. The van der Waals surface area contributed by atoms with Gasteiger partial charge in [0.25, 0.3) is 5.91 Å². The molecule has 0 fully saturated rings. The van der Waals surface area contributed by atoms with E-state index in [4.69, 9.17) is 25.9 Å². The highest BCUT2D eigenvalue weighted by Crippen LogP contribution is 2.21. The van der Waals surface area contributed by atoms with Crippen LogP contribution in [0.5, 0.6) is 5.75 Å². The SMILES string of the molecule is CCc1cc2ccccn2c1/C=N/NC(=O)COc1ccc(Cl)cc1C.O=C=O. The second-order valence-electron chi connectivity index (χ2n) is 5.98. The largest absolute Gasteiger partial charge is 0.483 e. The lowest BCUT2D eigenvalue weighted by Gasteiger charge is -2.08. The van der Waals surface area contributed by atoms with Gasteiger partial charge >= 0.3 is 6.15 Å². The smallest absolute Gasteiger partial charge is 0.373 e. The minimum atomic E-state index is -0.325. The third kappa shape index (κ3) is 6.04. The Balaban J connectivity index is 0.000000941. The Morgan fingerprint density at radius 1 is 1.28 bits per heavy atom. The topological polar surface area (TPSA) is 89.2 Å². The molecule has 0 atom stereocenters. The predicted molar refractivity (Wildman–Crippen MR) is 109 cm³/mol. The van der Waals surface area contributed by atoms with Gasteiger partial charge in [-0.05, 0) is 60.9 Å². The number of carbonyl (C=O) groups excluding carboxylic acids is 3. The predicted octanol–water partition coefficient (Wildman–Crippen LogP) is 3.41. The van der Waals surface area contributed by atoms with E-state index in [0.717, 1.165) is 23.2 Å². The Morgan fingerprint density at radius 3 is 2.72 bits per heavy atom. The highest BCUT2D eigenvalue weighted by Gasteiger charge is 2.07. The Labute approximate surface area is 172 Å². The molecule has 0 aliphatic carbocycles. The van der Waals surface area contributed by atoms with Gasteiger partial charge in [0.2, 0.25) is 0 Å². The summed E-state index contributed by atoms with van der Waals surface area (Å²) in [6.45, 7) is 3.85. The van der Waals surface area contributed by atoms with Crippen LogP contribution < -0.4 is 10.2 Å². The molecule has 0 aliphatic heterocycles. The number of aromatic nitrogens is 1. The molecule has 7 nitrogen and oxygen atoms in total. The number of amides is 1. The van der Waals surface area contributed by atoms with Gasteiger partial charge in [0.15, 0.2) is 6.61 Å². The standard InChI is InChI=1S/C20H20ClN3O2.CO2/c1-3-15-11-17-6-4-5-9-24(17)18(15)12-22-23-20(25)13-26-19-8-7-16(21)10-14(19)2;2-1-3/h4-12H,3,13H2,1-2H3,(H,23,25);/b22-12+;. The summed E-state index contributed by atoms with van der Waals surface area (Å²) in [5.74, 6) is 0.300. The van der Waals surface area contributed by atoms with Crippen molar-refractivity contribution < 1.29 is 19.1 Å². The van der Waals surface area contributed by atoms with Crippen molar-refractivity contribution in [3.05, 3.63) is 70.5 Å². The molecule has 0 bridgehead atoms. The van der Waals surface area contributed by atoms with Crippen LogP contribution in [0.25, 0.3) is 5.52 Å². The van der Waals surface area contributed by atoms with Gasteiger partial charge in [-0.3, -0.25) is 4.79 Å². The minimum absolute atomic E-state index is 0.116. The van der Waals surface area contributed by atoms with Crippen molar-refractivity contribution in [2.24, 2.45) is 5.10 Å². The van der Waals surface area contributed by atoms with Crippen molar-refractivity contribution in [1.29, 1.82) is 0 Å².